The van der Waals surface area contributed by atoms with E-state index in [4.69, 9.17) is 4.98 Å². The third kappa shape index (κ3) is 4.19. The Hall–Kier alpha value is -2.27. The molecule has 3 aromatic rings. The monoisotopic (exact) mass is 363 g/mol. The highest BCUT2D eigenvalue weighted by Gasteiger charge is 2.26. The van der Waals surface area contributed by atoms with Crippen LogP contribution in [0.15, 0.2) is 36.5 Å². The van der Waals surface area contributed by atoms with Gasteiger partial charge in [-0.05, 0) is 68.7 Å². The largest absolute Gasteiger partial charge is 0.311 e. The summed E-state index contributed by atoms with van der Waals surface area (Å²) in [5, 5.41) is 12.2. The van der Waals surface area contributed by atoms with Gasteiger partial charge in [-0.3, -0.25) is 10.1 Å². The molecule has 3 unspecified atom stereocenters. The van der Waals surface area contributed by atoms with Gasteiger partial charge in [0.1, 0.15) is 0 Å². The maximum atomic E-state index is 4.95. The summed E-state index contributed by atoms with van der Waals surface area (Å²) in [5.74, 6) is 1.42. The van der Waals surface area contributed by atoms with Gasteiger partial charge in [0, 0.05) is 29.4 Å². The van der Waals surface area contributed by atoms with Crippen LogP contribution in [0.5, 0.6) is 0 Å². The normalized spacial score (nSPS) is 23.2. The van der Waals surface area contributed by atoms with Gasteiger partial charge in [-0.25, -0.2) is 4.98 Å². The zero-order valence-corrected chi connectivity index (χ0v) is 16.4. The molecule has 3 aromatic heterocycles. The molecule has 0 saturated carbocycles. The highest BCUT2D eigenvalue weighted by Crippen LogP contribution is 2.28. The van der Waals surface area contributed by atoms with Gasteiger partial charge in [0.15, 0.2) is 5.65 Å². The van der Waals surface area contributed by atoms with Crippen molar-refractivity contribution in [2.75, 3.05) is 0 Å². The predicted octanol–water partition coefficient (Wildman–Crippen LogP) is 4.37. The maximum Gasteiger partial charge on any atom is 0.181 e. The molecule has 2 N–H and O–H groups in total. The molecule has 0 bridgehead atoms. The number of H-pyrrole nitrogens is 1. The Morgan fingerprint density at radius 3 is 2.89 bits per heavy atom. The first-order valence-electron chi connectivity index (χ1n) is 10.1. The van der Waals surface area contributed by atoms with Crippen LogP contribution in [0.1, 0.15) is 45.7 Å². The van der Waals surface area contributed by atoms with Crippen molar-refractivity contribution in [1.29, 1.82) is 0 Å². The summed E-state index contributed by atoms with van der Waals surface area (Å²) < 4.78 is 0. The van der Waals surface area contributed by atoms with E-state index in [1.807, 2.05) is 12.1 Å². The fraction of sp³-hybridized carbons (Fsp3) is 0.500. The topological polar surface area (TPSA) is 66.5 Å². The van der Waals surface area contributed by atoms with E-state index in [0.717, 1.165) is 34.8 Å². The van der Waals surface area contributed by atoms with Crippen LogP contribution < -0.4 is 5.32 Å². The molecule has 1 aliphatic heterocycles. The van der Waals surface area contributed by atoms with Crippen LogP contribution in [0, 0.1) is 11.8 Å². The van der Waals surface area contributed by atoms with E-state index >= 15 is 0 Å². The lowest BCUT2D eigenvalue weighted by atomic mass is 9.82. The SMILES string of the molecule is CC(C)CC1CC(Cc2cccc(-c3[nH]nc4ncccc34)n2)CC(C)N1. The first kappa shape index (κ1) is 18.1. The van der Waals surface area contributed by atoms with Gasteiger partial charge in [-0.2, -0.15) is 5.10 Å². The lowest BCUT2D eigenvalue weighted by molar-refractivity contribution is 0.228. The lowest BCUT2D eigenvalue weighted by Gasteiger charge is -2.35. The third-order valence-corrected chi connectivity index (χ3v) is 5.47. The molecule has 27 heavy (non-hydrogen) atoms. The summed E-state index contributed by atoms with van der Waals surface area (Å²) in [4.78, 5) is 9.26. The van der Waals surface area contributed by atoms with Gasteiger partial charge in [-0.1, -0.05) is 19.9 Å². The fourth-order valence-electron chi connectivity index (χ4n) is 4.51. The van der Waals surface area contributed by atoms with Gasteiger partial charge >= 0.3 is 0 Å². The predicted molar refractivity (Wildman–Crippen MR) is 109 cm³/mol. The summed E-state index contributed by atoms with van der Waals surface area (Å²) in [6.07, 6.45) is 6.52. The van der Waals surface area contributed by atoms with Crippen LogP contribution in [-0.4, -0.2) is 32.2 Å². The number of aromatic nitrogens is 4. The Morgan fingerprint density at radius 2 is 2.04 bits per heavy atom. The smallest absolute Gasteiger partial charge is 0.181 e. The van der Waals surface area contributed by atoms with Crippen LogP contribution in [0.2, 0.25) is 0 Å². The van der Waals surface area contributed by atoms with E-state index in [2.05, 4.69) is 59.5 Å². The second kappa shape index (κ2) is 7.77. The molecule has 0 spiro atoms. The van der Waals surface area contributed by atoms with E-state index in [-0.39, 0.29) is 0 Å². The van der Waals surface area contributed by atoms with Gasteiger partial charge in [0.2, 0.25) is 0 Å². The minimum absolute atomic E-state index is 0.582. The summed E-state index contributed by atoms with van der Waals surface area (Å²) >= 11 is 0. The summed E-state index contributed by atoms with van der Waals surface area (Å²) in [5.41, 5.74) is 3.81. The van der Waals surface area contributed by atoms with Crippen molar-refractivity contribution in [1.82, 2.24) is 25.5 Å². The highest BCUT2D eigenvalue weighted by atomic mass is 15.2. The zero-order chi connectivity index (χ0) is 18.8. The molecule has 0 amide bonds. The van der Waals surface area contributed by atoms with Crippen LogP contribution in [0.25, 0.3) is 22.4 Å². The molecule has 4 rings (SSSR count). The van der Waals surface area contributed by atoms with Crippen molar-refractivity contribution >= 4 is 11.0 Å². The molecule has 0 radical (unpaired) electrons. The highest BCUT2D eigenvalue weighted by molar-refractivity contribution is 5.89. The van der Waals surface area contributed by atoms with Crippen molar-refractivity contribution < 1.29 is 0 Å². The fourth-order valence-corrected chi connectivity index (χ4v) is 4.51. The molecule has 5 nitrogen and oxygen atoms in total. The van der Waals surface area contributed by atoms with E-state index in [0.29, 0.717) is 18.0 Å². The minimum atomic E-state index is 0.582. The maximum absolute atomic E-state index is 4.95. The van der Waals surface area contributed by atoms with E-state index in [1.54, 1.807) is 6.20 Å². The molecular formula is C22H29N5. The molecule has 0 aromatic carbocycles. The first-order valence-corrected chi connectivity index (χ1v) is 10.1. The molecule has 0 aliphatic carbocycles. The van der Waals surface area contributed by atoms with Gasteiger partial charge < -0.3 is 5.32 Å². The van der Waals surface area contributed by atoms with E-state index in [1.165, 1.54) is 25.0 Å². The molecule has 1 aliphatic rings. The van der Waals surface area contributed by atoms with Crippen molar-refractivity contribution in [3.63, 3.8) is 0 Å². The zero-order valence-electron chi connectivity index (χ0n) is 16.4. The third-order valence-electron chi connectivity index (χ3n) is 5.47. The first-order chi connectivity index (χ1) is 13.1. The Kier molecular flexibility index (Phi) is 5.21. The Morgan fingerprint density at radius 1 is 1.15 bits per heavy atom. The Bertz CT molecular complexity index is 898. The number of nitrogens with one attached hydrogen (secondary N) is 2. The van der Waals surface area contributed by atoms with E-state index < -0.39 is 0 Å². The molecule has 142 valence electrons. The number of hydrogen-bond donors (Lipinski definition) is 2. The van der Waals surface area contributed by atoms with E-state index in [9.17, 15) is 0 Å². The number of nitrogens with zero attached hydrogens (tertiary/aromatic N) is 3. The average Bonchev–Trinajstić information content (AvgIpc) is 3.05. The molecule has 5 heteroatoms. The number of aromatic amines is 1. The van der Waals surface area contributed by atoms with Crippen LogP contribution in [-0.2, 0) is 6.42 Å². The Balaban J connectivity index is 1.53. The number of piperidine rings is 1. The van der Waals surface area contributed by atoms with Gasteiger partial charge in [-0.15, -0.1) is 0 Å². The summed E-state index contributed by atoms with van der Waals surface area (Å²) in [6.45, 7) is 6.93. The standard InChI is InChI=1S/C22H29N5/c1-14(2)10-18-13-16(11-15(3)24-18)12-17-6-4-8-20(25-17)21-19-7-5-9-23-22(19)27-26-21/h4-9,14-16,18,24H,10-13H2,1-3H3,(H,23,26,27). The number of pyridine rings is 2. The van der Waals surface area contributed by atoms with Crippen molar-refractivity contribution in [2.24, 2.45) is 11.8 Å². The van der Waals surface area contributed by atoms with Crippen LogP contribution in [0.4, 0.5) is 0 Å². The molecule has 1 saturated heterocycles. The molecule has 1 fully saturated rings. The number of rotatable bonds is 5. The molecule has 3 atom stereocenters. The van der Waals surface area contributed by atoms with Crippen LogP contribution in [0.3, 0.4) is 0 Å². The van der Waals surface area contributed by atoms with Gasteiger partial charge in [0.25, 0.3) is 0 Å². The van der Waals surface area contributed by atoms with Gasteiger partial charge in [0.05, 0.1) is 11.4 Å². The summed E-state index contributed by atoms with van der Waals surface area (Å²) in [7, 11) is 0. The second-order valence-electron chi connectivity index (χ2n) is 8.42. The van der Waals surface area contributed by atoms with Crippen LogP contribution >= 0.6 is 0 Å². The number of hydrogen-bond acceptors (Lipinski definition) is 4. The Labute approximate surface area is 161 Å². The lowest BCUT2D eigenvalue weighted by Crippen LogP contribution is -2.45. The number of fused-ring (bicyclic) bond motifs is 1. The van der Waals surface area contributed by atoms with Crippen molar-refractivity contribution in [3.8, 4) is 11.4 Å². The molecule has 4 heterocycles. The average molecular weight is 364 g/mol. The summed E-state index contributed by atoms with van der Waals surface area (Å²) in [6, 6.07) is 11.5. The van der Waals surface area contributed by atoms with Crippen molar-refractivity contribution in [2.45, 2.75) is 58.5 Å². The second-order valence-corrected chi connectivity index (χ2v) is 8.42. The minimum Gasteiger partial charge on any atom is -0.311 e. The van der Waals surface area contributed by atoms with Crippen molar-refractivity contribution in [3.05, 3.63) is 42.2 Å². The molecular weight excluding hydrogens is 334 g/mol. The quantitative estimate of drug-likeness (QED) is 0.706.